The highest BCUT2D eigenvalue weighted by molar-refractivity contribution is 5.81. The van der Waals surface area contributed by atoms with Gasteiger partial charge in [-0.1, -0.05) is 26.0 Å². The van der Waals surface area contributed by atoms with E-state index in [9.17, 15) is 22.8 Å². The average molecular weight is 317 g/mol. The Morgan fingerprint density at radius 1 is 1.18 bits per heavy atom. The molecule has 1 amide bonds. The Morgan fingerprint density at radius 3 is 2.14 bits per heavy atom. The number of carbonyl (C=O) groups is 2. The van der Waals surface area contributed by atoms with Gasteiger partial charge in [0.1, 0.15) is 6.54 Å². The lowest BCUT2D eigenvalue weighted by Crippen LogP contribution is -2.35. The van der Waals surface area contributed by atoms with Crippen LogP contribution in [0.3, 0.4) is 0 Å². The van der Waals surface area contributed by atoms with Gasteiger partial charge < -0.3 is 10.0 Å². The first kappa shape index (κ1) is 18.0. The summed E-state index contributed by atoms with van der Waals surface area (Å²) in [6, 6.07) is 4.34. The average Bonchev–Trinajstić information content (AvgIpc) is 2.36. The molecule has 4 nitrogen and oxygen atoms in total. The van der Waals surface area contributed by atoms with Crippen LogP contribution in [0.2, 0.25) is 0 Å². The van der Waals surface area contributed by atoms with E-state index in [1.807, 2.05) is 13.8 Å². The molecular formula is C15H18F3NO3. The molecule has 0 aliphatic rings. The number of carbonyl (C=O) groups excluding carboxylic acids is 1. The molecular weight excluding hydrogens is 299 g/mol. The van der Waals surface area contributed by atoms with Crippen LogP contribution in [-0.4, -0.2) is 28.4 Å². The molecule has 22 heavy (non-hydrogen) atoms. The quantitative estimate of drug-likeness (QED) is 0.877. The Labute approximate surface area is 126 Å². The molecule has 122 valence electrons. The highest BCUT2D eigenvalue weighted by atomic mass is 19.4. The van der Waals surface area contributed by atoms with Crippen molar-refractivity contribution in [2.75, 3.05) is 6.54 Å². The van der Waals surface area contributed by atoms with Gasteiger partial charge in [-0.05, 0) is 23.6 Å². The molecule has 0 heterocycles. The number of benzene rings is 1. The SMILES string of the molecule is CC(C)CC(=O)N(CC(=O)O)Cc1ccc(C(F)(F)F)cc1. The third-order valence-electron chi connectivity index (χ3n) is 2.92. The molecule has 0 saturated carbocycles. The van der Waals surface area contributed by atoms with Gasteiger partial charge in [0.25, 0.3) is 0 Å². The summed E-state index contributed by atoms with van der Waals surface area (Å²) in [6.07, 6.45) is -4.24. The fraction of sp³-hybridized carbons (Fsp3) is 0.467. The van der Waals surface area contributed by atoms with Crippen LogP contribution in [0, 0.1) is 5.92 Å². The lowest BCUT2D eigenvalue weighted by Gasteiger charge is -2.22. The van der Waals surface area contributed by atoms with Gasteiger partial charge in [-0.2, -0.15) is 13.2 Å². The van der Waals surface area contributed by atoms with Gasteiger partial charge in [-0.15, -0.1) is 0 Å². The first-order chi connectivity index (χ1) is 10.1. The lowest BCUT2D eigenvalue weighted by molar-refractivity contribution is -0.145. The minimum atomic E-state index is -4.42. The number of amides is 1. The monoisotopic (exact) mass is 317 g/mol. The second-order valence-electron chi connectivity index (χ2n) is 5.44. The maximum absolute atomic E-state index is 12.5. The molecule has 1 aromatic carbocycles. The number of hydrogen-bond donors (Lipinski definition) is 1. The summed E-state index contributed by atoms with van der Waals surface area (Å²) in [6.45, 7) is 3.15. The van der Waals surface area contributed by atoms with Crippen molar-refractivity contribution in [1.82, 2.24) is 4.90 Å². The molecule has 1 N–H and O–H groups in total. The minimum Gasteiger partial charge on any atom is -0.480 e. The third kappa shape index (κ3) is 5.75. The molecule has 0 spiro atoms. The Hall–Kier alpha value is -2.05. The van der Waals surface area contributed by atoms with Crippen molar-refractivity contribution in [3.05, 3.63) is 35.4 Å². The van der Waals surface area contributed by atoms with Crippen molar-refractivity contribution in [3.8, 4) is 0 Å². The number of nitrogens with zero attached hydrogens (tertiary/aromatic N) is 1. The molecule has 0 bridgehead atoms. The fourth-order valence-corrected chi connectivity index (χ4v) is 1.89. The second-order valence-corrected chi connectivity index (χ2v) is 5.44. The summed E-state index contributed by atoms with van der Waals surface area (Å²) >= 11 is 0. The van der Waals surface area contributed by atoms with Crippen LogP contribution in [-0.2, 0) is 22.3 Å². The molecule has 0 radical (unpaired) electrons. The van der Waals surface area contributed by atoms with Crippen LogP contribution in [0.4, 0.5) is 13.2 Å². The highest BCUT2D eigenvalue weighted by Gasteiger charge is 2.30. The van der Waals surface area contributed by atoms with Crippen molar-refractivity contribution in [1.29, 1.82) is 0 Å². The Bertz CT molecular complexity index is 524. The van der Waals surface area contributed by atoms with Gasteiger partial charge in [-0.25, -0.2) is 0 Å². The minimum absolute atomic E-state index is 0.0318. The second kappa shape index (κ2) is 7.29. The number of hydrogen-bond acceptors (Lipinski definition) is 2. The molecule has 0 fully saturated rings. The van der Waals surface area contributed by atoms with E-state index >= 15 is 0 Å². The number of carboxylic acids is 1. The highest BCUT2D eigenvalue weighted by Crippen LogP contribution is 2.29. The van der Waals surface area contributed by atoms with E-state index in [0.29, 0.717) is 5.56 Å². The van der Waals surface area contributed by atoms with E-state index in [-0.39, 0.29) is 24.8 Å². The summed E-state index contributed by atoms with van der Waals surface area (Å²) in [7, 11) is 0. The first-order valence-corrected chi connectivity index (χ1v) is 6.75. The van der Waals surface area contributed by atoms with Crippen LogP contribution >= 0.6 is 0 Å². The topological polar surface area (TPSA) is 57.6 Å². The van der Waals surface area contributed by atoms with Crippen LogP contribution in [0.15, 0.2) is 24.3 Å². The first-order valence-electron chi connectivity index (χ1n) is 6.75. The van der Waals surface area contributed by atoms with E-state index < -0.39 is 24.3 Å². The maximum Gasteiger partial charge on any atom is 0.416 e. The summed E-state index contributed by atoms with van der Waals surface area (Å²) < 4.78 is 37.5. The van der Waals surface area contributed by atoms with Gasteiger partial charge in [-0.3, -0.25) is 9.59 Å². The summed E-state index contributed by atoms with van der Waals surface area (Å²) in [5.74, 6) is -1.43. The van der Waals surface area contributed by atoms with Gasteiger partial charge in [0.15, 0.2) is 0 Å². The molecule has 7 heteroatoms. The summed E-state index contributed by atoms with van der Waals surface area (Å²) in [5.41, 5.74) is -0.333. The van der Waals surface area contributed by atoms with E-state index in [2.05, 4.69) is 0 Å². The molecule has 1 aromatic rings. The van der Waals surface area contributed by atoms with Crippen molar-refractivity contribution >= 4 is 11.9 Å². The van der Waals surface area contributed by atoms with E-state index in [1.54, 1.807) is 0 Å². The molecule has 0 saturated heterocycles. The van der Waals surface area contributed by atoms with Crippen LogP contribution in [0.5, 0.6) is 0 Å². The molecule has 0 aliphatic heterocycles. The third-order valence-corrected chi connectivity index (χ3v) is 2.92. The molecule has 0 atom stereocenters. The number of carboxylic acid groups (broad SMARTS) is 1. The smallest absolute Gasteiger partial charge is 0.416 e. The summed E-state index contributed by atoms with van der Waals surface area (Å²) in [5, 5.41) is 8.85. The van der Waals surface area contributed by atoms with Crippen molar-refractivity contribution in [2.45, 2.75) is 33.0 Å². The van der Waals surface area contributed by atoms with Gasteiger partial charge >= 0.3 is 12.1 Å². The zero-order chi connectivity index (χ0) is 16.9. The fourth-order valence-electron chi connectivity index (χ4n) is 1.89. The Morgan fingerprint density at radius 2 is 1.73 bits per heavy atom. The van der Waals surface area contributed by atoms with E-state index in [4.69, 9.17) is 5.11 Å². The zero-order valence-corrected chi connectivity index (χ0v) is 12.4. The van der Waals surface area contributed by atoms with Gasteiger partial charge in [0, 0.05) is 13.0 Å². The molecule has 0 unspecified atom stereocenters. The predicted octanol–water partition coefficient (Wildman–Crippen LogP) is 3.16. The van der Waals surface area contributed by atoms with E-state index in [0.717, 1.165) is 17.0 Å². The number of rotatable bonds is 6. The van der Waals surface area contributed by atoms with Gasteiger partial charge in [0.2, 0.25) is 5.91 Å². The lowest BCUT2D eigenvalue weighted by atomic mass is 10.1. The number of alkyl halides is 3. The van der Waals surface area contributed by atoms with Crippen LogP contribution < -0.4 is 0 Å². The Kier molecular flexibility index (Phi) is 5.96. The van der Waals surface area contributed by atoms with Crippen molar-refractivity contribution in [3.63, 3.8) is 0 Å². The largest absolute Gasteiger partial charge is 0.480 e. The molecule has 0 aliphatic carbocycles. The molecule has 1 rings (SSSR count). The van der Waals surface area contributed by atoms with E-state index in [1.165, 1.54) is 12.1 Å². The standard InChI is InChI=1S/C15H18F3NO3/c1-10(2)7-13(20)19(9-14(21)22)8-11-3-5-12(6-4-11)15(16,17)18/h3-6,10H,7-9H2,1-2H3,(H,21,22). The van der Waals surface area contributed by atoms with Crippen molar-refractivity contribution in [2.24, 2.45) is 5.92 Å². The maximum atomic E-state index is 12.5. The molecule has 0 aromatic heterocycles. The summed E-state index contributed by atoms with van der Waals surface area (Å²) in [4.78, 5) is 24.0. The normalized spacial score (nSPS) is 11.5. The number of halogens is 3. The predicted molar refractivity (Wildman–Crippen MR) is 74.0 cm³/mol. The Balaban J connectivity index is 2.85. The van der Waals surface area contributed by atoms with Crippen LogP contribution in [0.25, 0.3) is 0 Å². The van der Waals surface area contributed by atoms with Gasteiger partial charge in [0.05, 0.1) is 5.56 Å². The number of aliphatic carboxylic acids is 1. The zero-order valence-electron chi connectivity index (χ0n) is 12.4. The van der Waals surface area contributed by atoms with Crippen molar-refractivity contribution < 1.29 is 27.9 Å². The van der Waals surface area contributed by atoms with Crippen LogP contribution in [0.1, 0.15) is 31.4 Å².